The molecule has 5 N–H and O–H groups in total. The van der Waals surface area contributed by atoms with Gasteiger partial charge in [0.2, 0.25) is 0 Å². The van der Waals surface area contributed by atoms with Crippen molar-refractivity contribution in [3.05, 3.63) is 57.8 Å². The van der Waals surface area contributed by atoms with Crippen LogP contribution in [0.2, 0.25) is 0 Å². The van der Waals surface area contributed by atoms with Crippen molar-refractivity contribution in [2.45, 2.75) is 45.7 Å². The second-order valence-electron chi connectivity index (χ2n) is 7.91. The van der Waals surface area contributed by atoms with E-state index in [0.29, 0.717) is 6.54 Å². The van der Waals surface area contributed by atoms with Gasteiger partial charge in [-0.05, 0) is 39.1 Å². The van der Waals surface area contributed by atoms with Crippen molar-refractivity contribution in [1.82, 2.24) is 5.32 Å². The van der Waals surface area contributed by atoms with Gasteiger partial charge in [-0.15, -0.1) is 11.3 Å². The van der Waals surface area contributed by atoms with E-state index in [-0.39, 0.29) is 17.5 Å². The molecule has 1 aromatic heterocycles. The fourth-order valence-corrected chi connectivity index (χ4v) is 3.67. The Hall–Kier alpha value is -1.69. The van der Waals surface area contributed by atoms with E-state index in [0.717, 1.165) is 19.5 Å². The Bertz CT molecular complexity index is 660. The van der Waals surface area contributed by atoms with Gasteiger partial charge in [-0.25, -0.2) is 0 Å². The summed E-state index contributed by atoms with van der Waals surface area (Å²) < 4.78 is 0. The number of carbonyl (C=O) groups is 1. The van der Waals surface area contributed by atoms with Gasteiger partial charge >= 0.3 is 0 Å². The topological polar surface area (TPSA) is 62.3 Å². The number of amides is 1. The summed E-state index contributed by atoms with van der Waals surface area (Å²) in [7, 11) is 0. The molecule has 1 atom stereocenters. The van der Waals surface area contributed by atoms with Crippen LogP contribution < -0.4 is 16.0 Å². The first kappa shape index (κ1) is 20.6. The van der Waals surface area contributed by atoms with E-state index < -0.39 is 0 Å². The molecule has 4 nitrogen and oxygen atoms in total. The Morgan fingerprint density at radius 1 is 1.19 bits per heavy atom. The van der Waals surface area contributed by atoms with E-state index in [2.05, 4.69) is 85.4 Å². The summed E-state index contributed by atoms with van der Waals surface area (Å²) in [4.78, 5) is 13.5. The Kier molecular flexibility index (Phi) is 7.82. The van der Waals surface area contributed by atoms with Crippen molar-refractivity contribution in [3.63, 3.8) is 0 Å². The van der Waals surface area contributed by atoms with Crippen LogP contribution in [0.25, 0.3) is 0 Å². The van der Waals surface area contributed by atoms with E-state index in [1.807, 2.05) is 0 Å². The molecule has 26 heavy (non-hydrogen) atoms. The fraction of sp³-hybridized carbons (Fsp3) is 0.476. The number of rotatable bonds is 9. The van der Waals surface area contributed by atoms with E-state index in [9.17, 15) is 4.79 Å². The highest BCUT2D eigenvalue weighted by Gasteiger charge is 2.20. The maximum Gasteiger partial charge on any atom is 0.275 e. The number of carbonyl (C=O) groups excluding carboxylic acids is 1. The van der Waals surface area contributed by atoms with Gasteiger partial charge in [0.1, 0.15) is 6.04 Å². The molecule has 1 aromatic carbocycles. The third kappa shape index (κ3) is 7.28. The predicted octanol–water partition coefficient (Wildman–Crippen LogP) is 1.58. The number of nitrogens with one attached hydrogen (secondary N) is 1. The zero-order chi connectivity index (χ0) is 19.0. The summed E-state index contributed by atoms with van der Waals surface area (Å²) in [5.74, 6) is 0.106. The van der Waals surface area contributed by atoms with Crippen molar-refractivity contribution < 1.29 is 15.4 Å². The lowest BCUT2D eigenvalue weighted by atomic mass is 10.0. The van der Waals surface area contributed by atoms with Gasteiger partial charge in [-0.2, -0.15) is 0 Å². The average molecular weight is 376 g/mol. The Labute approximate surface area is 161 Å². The lowest BCUT2D eigenvalue weighted by molar-refractivity contribution is -0.717. The highest BCUT2D eigenvalue weighted by molar-refractivity contribution is 7.10. The second-order valence-corrected chi connectivity index (χ2v) is 8.89. The maximum atomic E-state index is 12.2. The lowest BCUT2D eigenvalue weighted by Gasteiger charge is -2.17. The van der Waals surface area contributed by atoms with Gasteiger partial charge in [0.25, 0.3) is 5.91 Å². The molecule has 142 valence electrons. The van der Waals surface area contributed by atoms with Gasteiger partial charge in [-0.1, -0.05) is 35.9 Å². The number of benzene rings is 1. The van der Waals surface area contributed by atoms with E-state index in [4.69, 9.17) is 0 Å². The van der Waals surface area contributed by atoms with E-state index in [1.165, 1.54) is 16.0 Å². The van der Waals surface area contributed by atoms with Crippen LogP contribution >= 0.6 is 11.3 Å². The monoisotopic (exact) mass is 375 g/mol. The molecule has 5 heteroatoms. The summed E-state index contributed by atoms with van der Waals surface area (Å²) in [6, 6.07) is 13.0. The number of hydrogen-bond donors (Lipinski definition) is 3. The number of nitrogens with two attached hydrogens (primary N) is 2. The first-order chi connectivity index (χ1) is 12.3. The molecule has 1 heterocycles. The second kappa shape index (κ2) is 9.86. The molecule has 0 aliphatic carbocycles. The van der Waals surface area contributed by atoms with Crippen LogP contribution in [-0.2, 0) is 4.79 Å². The van der Waals surface area contributed by atoms with Crippen LogP contribution in [0.5, 0.6) is 0 Å². The maximum absolute atomic E-state index is 12.2. The number of aryl methyl sites for hydroxylation is 1. The summed E-state index contributed by atoms with van der Waals surface area (Å²) in [6.07, 6.45) is 0.995. The molecular formula is C21H33N3OS+2. The molecule has 0 radical (unpaired) electrons. The number of quaternary nitrogens is 2. The zero-order valence-electron chi connectivity index (χ0n) is 16.4. The normalized spacial score (nSPS) is 12.8. The Morgan fingerprint density at radius 3 is 2.54 bits per heavy atom. The quantitative estimate of drug-likeness (QED) is 0.573. The van der Waals surface area contributed by atoms with Gasteiger partial charge < -0.3 is 16.0 Å². The molecule has 0 saturated carbocycles. The minimum atomic E-state index is 0.106. The molecule has 0 fully saturated rings. The molecular weight excluding hydrogens is 342 g/mol. The van der Waals surface area contributed by atoms with Crippen molar-refractivity contribution in [2.75, 3.05) is 19.6 Å². The standard InChI is InChI=1S/C21H31N3OS/c1-16-8-10-17(11-9-16)20(18-7-5-14-26-18)23-15-19(25)22-12-6-13-24-21(2,3)4/h5,7-11,14,20,23-24H,6,12-13,15H2,1-4H3,(H,22,25)/p+2/t20-/m1/s1. The zero-order valence-corrected chi connectivity index (χ0v) is 17.2. The highest BCUT2D eigenvalue weighted by atomic mass is 32.1. The number of thiophene rings is 1. The van der Waals surface area contributed by atoms with Gasteiger partial charge in [-0.3, -0.25) is 4.79 Å². The molecule has 0 unspecified atom stereocenters. The van der Waals surface area contributed by atoms with Crippen LogP contribution in [0.15, 0.2) is 41.8 Å². The molecule has 0 bridgehead atoms. The smallest absolute Gasteiger partial charge is 0.275 e. The SMILES string of the molecule is Cc1ccc([C@@H]([NH2+]CC(=O)NCCC[NH2+]C(C)(C)C)c2cccs2)cc1. The Morgan fingerprint density at radius 2 is 1.92 bits per heavy atom. The number of hydrogen-bond acceptors (Lipinski definition) is 2. The Balaban J connectivity index is 1.82. The van der Waals surface area contributed by atoms with Crippen molar-refractivity contribution >= 4 is 17.2 Å². The average Bonchev–Trinajstić information content (AvgIpc) is 3.09. The van der Waals surface area contributed by atoms with Gasteiger partial charge in [0.15, 0.2) is 6.54 Å². The van der Waals surface area contributed by atoms with Crippen LogP contribution in [-0.4, -0.2) is 31.1 Å². The first-order valence-electron chi connectivity index (χ1n) is 9.39. The minimum absolute atomic E-state index is 0.106. The summed E-state index contributed by atoms with van der Waals surface area (Å²) in [5.41, 5.74) is 2.74. The van der Waals surface area contributed by atoms with E-state index in [1.54, 1.807) is 11.3 Å². The van der Waals surface area contributed by atoms with Crippen LogP contribution in [0.3, 0.4) is 0 Å². The molecule has 0 saturated heterocycles. The van der Waals surface area contributed by atoms with Crippen molar-refractivity contribution in [1.29, 1.82) is 0 Å². The fourth-order valence-electron chi connectivity index (χ4n) is 2.82. The minimum Gasteiger partial charge on any atom is -0.351 e. The lowest BCUT2D eigenvalue weighted by Crippen LogP contribution is -2.94. The third-order valence-electron chi connectivity index (χ3n) is 4.28. The van der Waals surface area contributed by atoms with Gasteiger partial charge in [0, 0.05) is 18.5 Å². The molecule has 1 amide bonds. The summed E-state index contributed by atoms with van der Waals surface area (Å²) in [6.45, 7) is 10.9. The molecule has 0 aliphatic rings. The molecule has 2 aromatic rings. The highest BCUT2D eigenvalue weighted by Crippen LogP contribution is 2.22. The first-order valence-corrected chi connectivity index (χ1v) is 10.3. The third-order valence-corrected chi connectivity index (χ3v) is 5.24. The predicted molar refractivity (Wildman–Crippen MR) is 108 cm³/mol. The van der Waals surface area contributed by atoms with Crippen LogP contribution in [0.4, 0.5) is 0 Å². The molecule has 0 aliphatic heterocycles. The van der Waals surface area contributed by atoms with E-state index >= 15 is 0 Å². The molecule has 2 rings (SSSR count). The van der Waals surface area contributed by atoms with Crippen LogP contribution in [0.1, 0.15) is 49.2 Å². The van der Waals surface area contributed by atoms with Crippen LogP contribution in [0, 0.1) is 6.92 Å². The summed E-state index contributed by atoms with van der Waals surface area (Å²) >= 11 is 1.74. The van der Waals surface area contributed by atoms with Gasteiger partial charge in [0.05, 0.1) is 17.0 Å². The summed E-state index contributed by atoms with van der Waals surface area (Å²) in [5, 5.41) is 9.58. The van der Waals surface area contributed by atoms with Crippen molar-refractivity contribution in [3.8, 4) is 0 Å². The molecule has 0 spiro atoms. The van der Waals surface area contributed by atoms with Crippen molar-refractivity contribution in [2.24, 2.45) is 0 Å². The largest absolute Gasteiger partial charge is 0.351 e.